The highest BCUT2D eigenvalue weighted by molar-refractivity contribution is 5.83. The molecule has 5 heteroatoms. The van der Waals surface area contributed by atoms with E-state index in [-0.39, 0.29) is 5.97 Å². The molecule has 0 amide bonds. The van der Waals surface area contributed by atoms with Gasteiger partial charge in [-0.1, -0.05) is 30.3 Å². The Hall–Kier alpha value is -1.72. The van der Waals surface area contributed by atoms with Gasteiger partial charge in [0.25, 0.3) is 0 Å². The minimum absolute atomic E-state index is 0.384. The summed E-state index contributed by atoms with van der Waals surface area (Å²) in [7, 11) is 2.07. The summed E-state index contributed by atoms with van der Waals surface area (Å²) in [6.07, 6.45) is 0.703. The first-order chi connectivity index (χ1) is 9.22. The van der Waals surface area contributed by atoms with Gasteiger partial charge in [-0.25, -0.2) is 4.79 Å². The standard InChI is InChI=1S/C14H19N3O2/c1-16-7-9-17(10-8-16)13(14(18)19-11-15)12-5-3-2-4-6-12/h2-6,11,13,15H,7-10H2,1H3. The molecule has 0 bridgehead atoms. The minimum atomic E-state index is -0.420. The van der Waals surface area contributed by atoms with Gasteiger partial charge in [0.1, 0.15) is 6.04 Å². The van der Waals surface area contributed by atoms with E-state index >= 15 is 0 Å². The summed E-state index contributed by atoms with van der Waals surface area (Å²) >= 11 is 0. The van der Waals surface area contributed by atoms with Crippen molar-refractivity contribution in [2.75, 3.05) is 33.2 Å². The molecule has 1 aromatic carbocycles. The van der Waals surface area contributed by atoms with Gasteiger partial charge in [-0.15, -0.1) is 0 Å². The van der Waals surface area contributed by atoms with Crippen molar-refractivity contribution in [1.82, 2.24) is 9.80 Å². The number of carbonyl (C=O) groups excluding carboxylic acids is 1. The van der Waals surface area contributed by atoms with Crippen molar-refractivity contribution in [2.24, 2.45) is 0 Å². The molecule has 102 valence electrons. The highest BCUT2D eigenvalue weighted by atomic mass is 16.5. The molecule has 1 aromatic rings. The van der Waals surface area contributed by atoms with Gasteiger partial charge < -0.3 is 9.64 Å². The summed E-state index contributed by atoms with van der Waals surface area (Å²) in [6.45, 7) is 3.51. The second kappa shape index (κ2) is 6.45. The Morgan fingerprint density at radius 3 is 2.47 bits per heavy atom. The van der Waals surface area contributed by atoms with Crippen LogP contribution in [0.15, 0.2) is 30.3 Å². The summed E-state index contributed by atoms with van der Waals surface area (Å²) in [5.74, 6) is -0.384. The lowest BCUT2D eigenvalue weighted by Gasteiger charge is -2.36. The van der Waals surface area contributed by atoms with Crippen LogP contribution in [0.5, 0.6) is 0 Å². The average Bonchev–Trinajstić information content (AvgIpc) is 2.43. The van der Waals surface area contributed by atoms with Gasteiger partial charge in [0.2, 0.25) is 0 Å². The van der Waals surface area contributed by atoms with Crippen LogP contribution in [-0.4, -0.2) is 55.4 Å². The second-order valence-electron chi connectivity index (χ2n) is 4.71. The van der Waals surface area contributed by atoms with Crippen LogP contribution in [0.25, 0.3) is 0 Å². The number of nitrogens with one attached hydrogen (secondary N) is 1. The van der Waals surface area contributed by atoms with Crippen molar-refractivity contribution >= 4 is 12.4 Å². The van der Waals surface area contributed by atoms with E-state index in [2.05, 4.69) is 16.8 Å². The fourth-order valence-corrected chi connectivity index (χ4v) is 2.33. The van der Waals surface area contributed by atoms with Gasteiger partial charge >= 0.3 is 5.97 Å². The Balaban J connectivity index is 2.19. The smallest absolute Gasteiger partial charge is 0.334 e. The van der Waals surface area contributed by atoms with Crippen LogP contribution < -0.4 is 0 Å². The zero-order valence-corrected chi connectivity index (χ0v) is 11.1. The van der Waals surface area contributed by atoms with Crippen molar-refractivity contribution in [3.05, 3.63) is 35.9 Å². The molecule has 1 N–H and O–H groups in total. The van der Waals surface area contributed by atoms with Gasteiger partial charge in [-0.05, 0) is 12.6 Å². The molecular formula is C14H19N3O2. The Bertz CT molecular complexity index is 428. The summed E-state index contributed by atoms with van der Waals surface area (Å²) in [6, 6.07) is 9.18. The van der Waals surface area contributed by atoms with Crippen molar-refractivity contribution in [3.63, 3.8) is 0 Å². The molecule has 1 atom stereocenters. The molecule has 0 aliphatic carbocycles. The molecule has 1 fully saturated rings. The van der Waals surface area contributed by atoms with Crippen molar-refractivity contribution in [1.29, 1.82) is 5.41 Å². The number of nitrogens with zero attached hydrogens (tertiary/aromatic N) is 2. The third-order valence-corrected chi connectivity index (χ3v) is 3.42. The van der Waals surface area contributed by atoms with Crippen molar-refractivity contribution < 1.29 is 9.53 Å². The predicted octanol–water partition coefficient (Wildman–Crippen LogP) is 1.13. The Kier molecular flexibility index (Phi) is 4.65. The minimum Gasteiger partial charge on any atom is -0.414 e. The summed E-state index contributed by atoms with van der Waals surface area (Å²) in [5, 5.41) is 6.94. The quantitative estimate of drug-likeness (QED) is 0.501. The number of ether oxygens (including phenoxy) is 1. The predicted molar refractivity (Wildman–Crippen MR) is 73.1 cm³/mol. The van der Waals surface area contributed by atoms with E-state index in [0.29, 0.717) is 6.40 Å². The fourth-order valence-electron chi connectivity index (χ4n) is 2.33. The van der Waals surface area contributed by atoms with Crippen molar-refractivity contribution in [2.45, 2.75) is 6.04 Å². The molecule has 0 aromatic heterocycles. The molecule has 19 heavy (non-hydrogen) atoms. The Morgan fingerprint density at radius 2 is 1.89 bits per heavy atom. The van der Waals surface area contributed by atoms with Crippen LogP contribution in [0.4, 0.5) is 0 Å². The maximum Gasteiger partial charge on any atom is 0.334 e. The van der Waals surface area contributed by atoms with Gasteiger partial charge in [0.05, 0.1) is 0 Å². The third kappa shape index (κ3) is 3.39. The van der Waals surface area contributed by atoms with Crippen LogP contribution in [0.1, 0.15) is 11.6 Å². The van der Waals surface area contributed by atoms with Gasteiger partial charge in [0, 0.05) is 26.2 Å². The number of rotatable bonds is 4. The molecular weight excluding hydrogens is 242 g/mol. The van der Waals surface area contributed by atoms with E-state index in [9.17, 15) is 4.79 Å². The Morgan fingerprint density at radius 1 is 1.26 bits per heavy atom. The van der Waals surface area contributed by atoms with Gasteiger partial charge in [-0.2, -0.15) is 0 Å². The molecule has 5 nitrogen and oxygen atoms in total. The summed E-state index contributed by atoms with van der Waals surface area (Å²) in [5.41, 5.74) is 0.916. The first-order valence-electron chi connectivity index (χ1n) is 6.39. The number of hydrogen-bond acceptors (Lipinski definition) is 5. The number of likely N-dealkylation sites (N-methyl/N-ethyl adjacent to an activating group) is 1. The third-order valence-electron chi connectivity index (χ3n) is 3.42. The first kappa shape index (κ1) is 13.7. The first-order valence-corrected chi connectivity index (χ1v) is 6.39. The molecule has 1 aliphatic heterocycles. The average molecular weight is 261 g/mol. The number of esters is 1. The highest BCUT2D eigenvalue weighted by Gasteiger charge is 2.30. The lowest BCUT2D eigenvalue weighted by Crippen LogP contribution is -2.48. The van der Waals surface area contributed by atoms with Crippen LogP contribution in [0, 0.1) is 5.41 Å². The maximum absolute atomic E-state index is 12.1. The summed E-state index contributed by atoms with van der Waals surface area (Å²) in [4.78, 5) is 16.4. The SMILES string of the molecule is CN1CCN(C(C(=O)OC=N)c2ccccc2)CC1. The second-order valence-corrected chi connectivity index (χ2v) is 4.71. The molecule has 1 heterocycles. The van der Waals surface area contributed by atoms with Gasteiger partial charge in [0.15, 0.2) is 6.40 Å². The number of benzene rings is 1. The summed E-state index contributed by atoms with van der Waals surface area (Å²) < 4.78 is 4.79. The lowest BCUT2D eigenvalue weighted by atomic mass is 10.0. The Labute approximate surface area is 113 Å². The normalized spacial score (nSPS) is 18.8. The number of carbonyl (C=O) groups is 1. The molecule has 2 rings (SSSR count). The van der Waals surface area contributed by atoms with E-state index in [1.807, 2.05) is 30.3 Å². The highest BCUT2D eigenvalue weighted by Crippen LogP contribution is 2.23. The van der Waals surface area contributed by atoms with E-state index in [1.54, 1.807) is 0 Å². The van der Waals surface area contributed by atoms with Crippen LogP contribution >= 0.6 is 0 Å². The van der Waals surface area contributed by atoms with Crippen LogP contribution in [0.2, 0.25) is 0 Å². The maximum atomic E-state index is 12.1. The van der Waals surface area contributed by atoms with E-state index < -0.39 is 6.04 Å². The zero-order valence-electron chi connectivity index (χ0n) is 11.1. The lowest BCUT2D eigenvalue weighted by molar-refractivity contribution is -0.142. The number of hydrogen-bond donors (Lipinski definition) is 1. The molecule has 1 aliphatic rings. The van der Waals surface area contributed by atoms with E-state index in [0.717, 1.165) is 31.7 Å². The van der Waals surface area contributed by atoms with Gasteiger partial charge in [-0.3, -0.25) is 10.3 Å². The molecule has 0 spiro atoms. The molecule has 0 saturated carbocycles. The topological polar surface area (TPSA) is 56.6 Å². The zero-order chi connectivity index (χ0) is 13.7. The molecule has 0 radical (unpaired) electrons. The fraction of sp³-hybridized carbons (Fsp3) is 0.429. The largest absolute Gasteiger partial charge is 0.414 e. The van der Waals surface area contributed by atoms with Crippen molar-refractivity contribution in [3.8, 4) is 0 Å². The molecule has 1 unspecified atom stereocenters. The van der Waals surface area contributed by atoms with Crippen LogP contribution in [0.3, 0.4) is 0 Å². The van der Waals surface area contributed by atoms with E-state index in [4.69, 9.17) is 10.1 Å². The monoisotopic (exact) mass is 261 g/mol. The van der Waals surface area contributed by atoms with Crippen LogP contribution in [-0.2, 0) is 9.53 Å². The number of piperazine rings is 1. The van der Waals surface area contributed by atoms with E-state index in [1.165, 1.54) is 0 Å². The molecule has 1 saturated heterocycles.